The van der Waals surface area contributed by atoms with Crippen LogP contribution < -0.4 is 15.4 Å². The highest BCUT2D eigenvalue weighted by Crippen LogP contribution is 2.44. The fourth-order valence-electron chi connectivity index (χ4n) is 3.28. The number of nitrogens with zero attached hydrogens (tertiary/aromatic N) is 2. The van der Waals surface area contributed by atoms with E-state index in [1.54, 1.807) is 19.2 Å². The van der Waals surface area contributed by atoms with Gasteiger partial charge in [0.25, 0.3) is 0 Å². The second kappa shape index (κ2) is 7.15. The van der Waals surface area contributed by atoms with Crippen molar-refractivity contribution in [2.45, 2.75) is 18.8 Å². The molecule has 138 valence electrons. The molecule has 0 unspecified atom stereocenters. The van der Waals surface area contributed by atoms with E-state index in [4.69, 9.17) is 4.74 Å². The van der Waals surface area contributed by atoms with Gasteiger partial charge in [-0.05, 0) is 43.0 Å². The highest BCUT2D eigenvalue weighted by molar-refractivity contribution is 6.01. The number of benzene rings is 2. The first-order valence-corrected chi connectivity index (χ1v) is 8.99. The molecule has 2 aromatic carbocycles. The molecule has 0 radical (unpaired) electrons. The van der Waals surface area contributed by atoms with Crippen molar-refractivity contribution in [3.63, 3.8) is 0 Å². The van der Waals surface area contributed by atoms with Crippen molar-refractivity contribution in [3.05, 3.63) is 60.3 Å². The first-order valence-electron chi connectivity index (χ1n) is 8.99. The van der Waals surface area contributed by atoms with Crippen LogP contribution in [-0.4, -0.2) is 22.9 Å². The van der Waals surface area contributed by atoms with Crippen LogP contribution in [0.2, 0.25) is 0 Å². The molecule has 1 aromatic heterocycles. The van der Waals surface area contributed by atoms with Crippen molar-refractivity contribution in [2.24, 2.45) is 7.05 Å². The Hall–Kier alpha value is -3.28. The van der Waals surface area contributed by atoms with Gasteiger partial charge in [-0.15, -0.1) is 0 Å². The van der Waals surface area contributed by atoms with E-state index in [1.807, 2.05) is 54.3 Å². The lowest BCUT2D eigenvalue weighted by Crippen LogP contribution is -2.19. The zero-order chi connectivity index (χ0) is 18.8. The van der Waals surface area contributed by atoms with Crippen LogP contribution in [0.1, 0.15) is 24.3 Å². The van der Waals surface area contributed by atoms with Crippen LogP contribution in [-0.2, 0) is 7.05 Å². The minimum atomic E-state index is -0.316. The Morgan fingerprint density at radius 2 is 1.96 bits per heavy atom. The van der Waals surface area contributed by atoms with E-state index in [-0.39, 0.29) is 6.03 Å². The SMILES string of the molecule is COc1ccccc1NC(=O)Nc1cccc(-c2c(C3CC3)cnn2C)c1. The first kappa shape index (κ1) is 17.1. The molecule has 0 spiro atoms. The number of para-hydroxylation sites is 2. The lowest BCUT2D eigenvalue weighted by molar-refractivity contribution is 0.262. The van der Waals surface area contributed by atoms with Gasteiger partial charge in [0.1, 0.15) is 5.75 Å². The monoisotopic (exact) mass is 362 g/mol. The molecule has 6 heteroatoms. The van der Waals surface area contributed by atoms with Crippen molar-refractivity contribution in [1.82, 2.24) is 9.78 Å². The molecule has 0 saturated heterocycles. The van der Waals surface area contributed by atoms with E-state index >= 15 is 0 Å². The molecular weight excluding hydrogens is 340 g/mol. The van der Waals surface area contributed by atoms with Gasteiger partial charge in [0.15, 0.2) is 0 Å². The van der Waals surface area contributed by atoms with E-state index < -0.39 is 0 Å². The molecule has 0 bridgehead atoms. The van der Waals surface area contributed by atoms with Crippen molar-refractivity contribution in [1.29, 1.82) is 0 Å². The number of urea groups is 1. The first-order chi connectivity index (χ1) is 13.2. The van der Waals surface area contributed by atoms with Gasteiger partial charge in [0.05, 0.1) is 24.7 Å². The molecule has 6 nitrogen and oxygen atoms in total. The minimum Gasteiger partial charge on any atom is -0.495 e. The summed E-state index contributed by atoms with van der Waals surface area (Å²) in [6.45, 7) is 0. The van der Waals surface area contributed by atoms with Crippen LogP contribution in [0, 0.1) is 0 Å². The maximum Gasteiger partial charge on any atom is 0.323 e. The van der Waals surface area contributed by atoms with Gasteiger partial charge in [-0.25, -0.2) is 4.79 Å². The van der Waals surface area contributed by atoms with Crippen LogP contribution in [0.5, 0.6) is 5.75 Å². The van der Waals surface area contributed by atoms with Crippen molar-refractivity contribution in [3.8, 4) is 17.0 Å². The molecule has 1 fully saturated rings. The number of amides is 2. The summed E-state index contributed by atoms with van der Waals surface area (Å²) in [4.78, 5) is 12.4. The van der Waals surface area contributed by atoms with Crippen LogP contribution in [0.3, 0.4) is 0 Å². The number of rotatable bonds is 5. The maximum atomic E-state index is 12.4. The summed E-state index contributed by atoms with van der Waals surface area (Å²) < 4.78 is 7.17. The smallest absolute Gasteiger partial charge is 0.323 e. The van der Waals surface area contributed by atoms with E-state index in [1.165, 1.54) is 18.4 Å². The van der Waals surface area contributed by atoms with Gasteiger partial charge >= 0.3 is 6.03 Å². The molecular formula is C21H22N4O2. The van der Waals surface area contributed by atoms with Crippen LogP contribution in [0.25, 0.3) is 11.3 Å². The number of ether oxygens (including phenoxy) is 1. The highest BCUT2D eigenvalue weighted by Gasteiger charge is 2.28. The van der Waals surface area contributed by atoms with Gasteiger partial charge in [-0.3, -0.25) is 4.68 Å². The van der Waals surface area contributed by atoms with Crippen molar-refractivity contribution < 1.29 is 9.53 Å². The number of hydrogen-bond donors (Lipinski definition) is 2. The normalized spacial score (nSPS) is 13.3. The van der Waals surface area contributed by atoms with Gasteiger partial charge in [-0.2, -0.15) is 5.10 Å². The van der Waals surface area contributed by atoms with Crippen LogP contribution in [0.4, 0.5) is 16.2 Å². The molecule has 2 amide bonds. The standard InChI is InChI=1S/C21H22N4O2/c1-25-20(17(13-22-25)14-10-11-14)15-6-5-7-16(12-15)23-21(26)24-18-8-3-4-9-19(18)27-2/h3-9,12-14H,10-11H2,1-2H3,(H2,23,24,26). The van der Waals surface area contributed by atoms with Crippen molar-refractivity contribution >= 4 is 17.4 Å². The third-order valence-corrected chi connectivity index (χ3v) is 4.73. The quantitative estimate of drug-likeness (QED) is 0.696. The average molecular weight is 362 g/mol. The number of hydrogen-bond acceptors (Lipinski definition) is 3. The Balaban J connectivity index is 1.53. The van der Waals surface area contributed by atoms with E-state index in [0.717, 1.165) is 16.9 Å². The van der Waals surface area contributed by atoms with E-state index in [2.05, 4.69) is 15.7 Å². The molecule has 0 atom stereocenters. The number of anilines is 2. The predicted molar refractivity (Wildman–Crippen MR) is 106 cm³/mol. The lowest BCUT2D eigenvalue weighted by Gasteiger charge is -2.12. The predicted octanol–water partition coefficient (Wildman–Crippen LogP) is 4.62. The van der Waals surface area contributed by atoms with Crippen LogP contribution >= 0.6 is 0 Å². The summed E-state index contributed by atoms with van der Waals surface area (Å²) in [7, 11) is 3.53. The largest absolute Gasteiger partial charge is 0.495 e. The highest BCUT2D eigenvalue weighted by atomic mass is 16.5. The molecule has 1 aliphatic carbocycles. The third-order valence-electron chi connectivity index (χ3n) is 4.73. The Labute approximate surface area is 158 Å². The second-order valence-electron chi connectivity index (χ2n) is 6.71. The zero-order valence-corrected chi connectivity index (χ0v) is 15.4. The topological polar surface area (TPSA) is 68.2 Å². The lowest BCUT2D eigenvalue weighted by atomic mass is 10.0. The molecule has 1 saturated carbocycles. The molecule has 2 N–H and O–H groups in total. The molecule has 27 heavy (non-hydrogen) atoms. The fraction of sp³-hybridized carbons (Fsp3) is 0.238. The molecule has 1 heterocycles. The minimum absolute atomic E-state index is 0.316. The molecule has 0 aliphatic heterocycles. The number of methoxy groups -OCH3 is 1. The summed E-state index contributed by atoms with van der Waals surface area (Å²) in [6.07, 6.45) is 4.40. The molecule has 1 aliphatic rings. The van der Waals surface area contributed by atoms with E-state index in [0.29, 0.717) is 17.4 Å². The van der Waals surface area contributed by atoms with Gasteiger partial charge < -0.3 is 15.4 Å². The summed E-state index contributed by atoms with van der Waals surface area (Å²) in [5.41, 5.74) is 4.80. The van der Waals surface area contributed by atoms with Crippen LogP contribution in [0.15, 0.2) is 54.7 Å². The van der Waals surface area contributed by atoms with Gasteiger partial charge in [-0.1, -0.05) is 24.3 Å². The number of carbonyl (C=O) groups is 1. The number of aryl methyl sites for hydroxylation is 1. The number of carbonyl (C=O) groups excluding carboxylic acids is 1. The Kier molecular flexibility index (Phi) is 4.54. The second-order valence-corrected chi connectivity index (χ2v) is 6.71. The Morgan fingerprint density at radius 3 is 2.74 bits per heavy atom. The van der Waals surface area contributed by atoms with Gasteiger partial charge in [0, 0.05) is 23.9 Å². The van der Waals surface area contributed by atoms with Crippen molar-refractivity contribution in [2.75, 3.05) is 17.7 Å². The summed E-state index contributed by atoms with van der Waals surface area (Å²) in [5, 5.41) is 10.1. The molecule has 3 aromatic rings. The average Bonchev–Trinajstić information content (AvgIpc) is 3.44. The fourth-order valence-corrected chi connectivity index (χ4v) is 3.28. The molecule has 4 rings (SSSR count). The Morgan fingerprint density at radius 1 is 1.15 bits per heavy atom. The summed E-state index contributed by atoms with van der Waals surface area (Å²) in [6, 6.07) is 14.8. The maximum absolute atomic E-state index is 12.4. The Bertz CT molecular complexity index is 976. The zero-order valence-electron chi connectivity index (χ0n) is 15.4. The summed E-state index contributed by atoms with van der Waals surface area (Å²) in [5.74, 6) is 1.23. The van der Waals surface area contributed by atoms with E-state index in [9.17, 15) is 4.79 Å². The number of nitrogens with one attached hydrogen (secondary N) is 2. The number of aromatic nitrogens is 2. The summed E-state index contributed by atoms with van der Waals surface area (Å²) >= 11 is 0. The van der Waals surface area contributed by atoms with Gasteiger partial charge in [0.2, 0.25) is 0 Å². The third kappa shape index (κ3) is 3.65.